The molecule has 184 valence electrons. The summed E-state index contributed by atoms with van der Waals surface area (Å²) in [6, 6.07) is 2.19. The molecular weight excluding hydrogens is 454 g/mol. The zero-order chi connectivity index (χ0) is 23.9. The third kappa shape index (κ3) is 4.54. The molecule has 3 unspecified atom stereocenters. The summed E-state index contributed by atoms with van der Waals surface area (Å²) in [7, 11) is 0. The van der Waals surface area contributed by atoms with Crippen molar-refractivity contribution < 1.29 is 14.3 Å². The molecule has 1 aromatic heterocycles. The molecule has 1 aliphatic carbocycles. The minimum Gasteiger partial charge on any atom is -0.381 e. The topological polar surface area (TPSA) is 95.9 Å². The number of pyridine rings is 1. The monoisotopic (exact) mass is 487 g/mol. The van der Waals surface area contributed by atoms with E-state index in [0.29, 0.717) is 36.4 Å². The van der Waals surface area contributed by atoms with Gasteiger partial charge >= 0.3 is 0 Å². The van der Waals surface area contributed by atoms with Gasteiger partial charge in [0.15, 0.2) is 0 Å². The highest BCUT2D eigenvalue weighted by atomic mass is 35.5. The third-order valence-corrected chi connectivity index (χ3v) is 8.33. The predicted octanol–water partition coefficient (Wildman–Crippen LogP) is 3.35. The van der Waals surface area contributed by atoms with Crippen LogP contribution >= 0.6 is 11.6 Å². The highest BCUT2D eigenvalue weighted by Crippen LogP contribution is 2.44. The summed E-state index contributed by atoms with van der Waals surface area (Å²) in [6.45, 7) is 6.50. The summed E-state index contributed by atoms with van der Waals surface area (Å²) in [6.07, 6.45) is 8.71. The molecule has 34 heavy (non-hydrogen) atoms. The van der Waals surface area contributed by atoms with Crippen LogP contribution in [0.1, 0.15) is 57.9 Å². The Bertz CT molecular complexity index is 981. The van der Waals surface area contributed by atoms with Crippen molar-refractivity contribution in [3.05, 3.63) is 22.8 Å². The summed E-state index contributed by atoms with van der Waals surface area (Å²) < 4.78 is 5.33. The number of hydrazone groups is 1. The molecule has 0 aromatic carbocycles. The average molecular weight is 488 g/mol. The largest absolute Gasteiger partial charge is 0.381 e. The van der Waals surface area contributed by atoms with Gasteiger partial charge < -0.3 is 15.4 Å². The van der Waals surface area contributed by atoms with Crippen LogP contribution in [-0.2, 0) is 19.7 Å². The van der Waals surface area contributed by atoms with E-state index in [-0.39, 0.29) is 41.1 Å². The van der Waals surface area contributed by atoms with E-state index in [1.165, 1.54) is 0 Å². The normalized spacial score (nSPS) is 34.8. The lowest BCUT2D eigenvalue weighted by Crippen LogP contribution is -2.43. The number of hydrogen-bond acceptors (Lipinski definition) is 6. The Kier molecular flexibility index (Phi) is 6.55. The summed E-state index contributed by atoms with van der Waals surface area (Å²) in [5, 5.41) is 13.6. The van der Waals surface area contributed by atoms with Gasteiger partial charge in [0.25, 0.3) is 0 Å². The molecule has 3 fully saturated rings. The molecule has 2 amide bonds. The minimum absolute atomic E-state index is 0.0234. The Hall–Kier alpha value is -2.19. The first kappa shape index (κ1) is 23.5. The molecule has 2 saturated heterocycles. The number of aromatic nitrogens is 1. The second-order valence-electron chi connectivity index (χ2n) is 10.7. The van der Waals surface area contributed by atoms with Gasteiger partial charge in [-0.2, -0.15) is 5.10 Å². The number of carbonyl (C=O) groups excluding carboxylic acids is 2. The maximum atomic E-state index is 13.1. The molecule has 6 atom stereocenters. The number of carbonyl (C=O) groups is 2. The number of rotatable bonds is 5. The van der Waals surface area contributed by atoms with Gasteiger partial charge in [0.1, 0.15) is 5.82 Å². The highest BCUT2D eigenvalue weighted by molar-refractivity contribution is 6.31. The summed E-state index contributed by atoms with van der Waals surface area (Å²) in [5.41, 5.74) is 0.617. The van der Waals surface area contributed by atoms with Crippen molar-refractivity contribution in [2.75, 3.05) is 25.1 Å². The van der Waals surface area contributed by atoms with Crippen LogP contribution in [0, 0.1) is 17.8 Å². The van der Waals surface area contributed by atoms with Crippen molar-refractivity contribution in [3.8, 4) is 0 Å². The quantitative estimate of drug-likeness (QED) is 0.664. The number of ether oxygens (including phenoxy) is 1. The molecule has 9 heteroatoms. The van der Waals surface area contributed by atoms with Crippen LogP contribution < -0.4 is 10.6 Å². The Morgan fingerprint density at radius 3 is 2.85 bits per heavy atom. The van der Waals surface area contributed by atoms with Gasteiger partial charge in [0.05, 0.1) is 29.0 Å². The summed E-state index contributed by atoms with van der Waals surface area (Å²) in [4.78, 5) is 30.0. The number of halogens is 1. The lowest BCUT2D eigenvalue weighted by atomic mass is 9.76. The van der Waals surface area contributed by atoms with E-state index in [9.17, 15) is 9.59 Å². The van der Waals surface area contributed by atoms with E-state index < -0.39 is 0 Å². The summed E-state index contributed by atoms with van der Waals surface area (Å²) >= 11 is 6.59. The van der Waals surface area contributed by atoms with E-state index in [1.54, 1.807) is 6.20 Å². The number of fused-ring (bicyclic) bond motifs is 1. The number of amides is 2. The Labute approximate surface area is 205 Å². The Balaban J connectivity index is 1.24. The van der Waals surface area contributed by atoms with E-state index in [1.807, 2.05) is 12.3 Å². The van der Waals surface area contributed by atoms with Gasteiger partial charge in [-0.15, -0.1) is 0 Å². The van der Waals surface area contributed by atoms with Crippen molar-refractivity contribution in [1.29, 1.82) is 0 Å². The third-order valence-electron chi connectivity index (χ3n) is 8.03. The Morgan fingerprint density at radius 2 is 2.06 bits per heavy atom. The van der Waals surface area contributed by atoms with Crippen molar-refractivity contribution >= 4 is 35.4 Å². The lowest BCUT2D eigenvalue weighted by Gasteiger charge is -2.31. The van der Waals surface area contributed by atoms with Gasteiger partial charge in [-0.05, 0) is 56.6 Å². The van der Waals surface area contributed by atoms with Crippen LogP contribution in [-0.4, -0.2) is 59.9 Å². The molecule has 0 spiro atoms. The fourth-order valence-corrected chi connectivity index (χ4v) is 6.31. The average Bonchev–Trinajstić information content (AvgIpc) is 3.54. The number of hydrogen-bond donors (Lipinski definition) is 2. The molecule has 0 radical (unpaired) electrons. The first-order chi connectivity index (χ1) is 16.3. The van der Waals surface area contributed by atoms with Crippen molar-refractivity contribution in [2.45, 2.75) is 69.9 Å². The van der Waals surface area contributed by atoms with Crippen molar-refractivity contribution in [1.82, 2.24) is 15.3 Å². The van der Waals surface area contributed by atoms with Crippen LogP contribution in [0.4, 0.5) is 5.82 Å². The molecule has 3 aliphatic heterocycles. The first-order valence-corrected chi connectivity index (χ1v) is 12.9. The molecule has 2 N–H and O–H groups in total. The molecule has 5 rings (SSSR count). The molecule has 1 saturated carbocycles. The fraction of sp³-hybridized carbons (Fsp3) is 0.680. The molecule has 0 bridgehead atoms. The first-order valence-electron chi connectivity index (χ1n) is 12.5. The zero-order valence-electron chi connectivity index (χ0n) is 19.9. The molecule has 4 heterocycles. The zero-order valence-corrected chi connectivity index (χ0v) is 20.7. The maximum Gasteiger partial charge on any atom is 0.228 e. The predicted molar refractivity (Wildman–Crippen MR) is 131 cm³/mol. The van der Waals surface area contributed by atoms with Gasteiger partial charge in [0.2, 0.25) is 11.8 Å². The summed E-state index contributed by atoms with van der Waals surface area (Å²) in [5.74, 6) is 0.875. The molecule has 1 aromatic rings. The van der Waals surface area contributed by atoms with Crippen LogP contribution in [0.25, 0.3) is 0 Å². The van der Waals surface area contributed by atoms with E-state index in [4.69, 9.17) is 16.3 Å². The Morgan fingerprint density at radius 1 is 1.21 bits per heavy atom. The van der Waals surface area contributed by atoms with Crippen LogP contribution in [0.5, 0.6) is 0 Å². The van der Waals surface area contributed by atoms with E-state index in [2.05, 4.69) is 39.6 Å². The second kappa shape index (κ2) is 9.46. The van der Waals surface area contributed by atoms with Gasteiger partial charge in [-0.3, -0.25) is 14.6 Å². The minimum atomic E-state index is -0.325. The standard InChI is InChI=1S/C25H34ClN5O3/c1-15-8-21-25(2,14-28-31(21)12-15)19-10-22(27-11-20(19)26)30-23(32)16-4-3-5-18(9-16)29-24(33)17-6-7-34-13-17/h10-11,14-18,21H,3-9,12-13H2,1-2H3,(H,29,33)(H,27,30,32)/t15?,16-,17+,18+,21?,25?/m0/s1. The van der Waals surface area contributed by atoms with Gasteiger partial charge in [0, 0.05) is 37.5 Å². The van der Waals surface area contributed by atoms with Crippen LogP contribution in [0.15, 0.2) is 17.4 Å². The van der Waals surface area contributed by atoms with E-state index >= 15 is 0 Å². The number of nitrogens with one attached hydrogen (secondary N) is 2. The van der Waals surface area contributed by atoms with Crippen LogP contribution in [0.3, 0.4) is 0 Å². The molecule has 8 nitrogen and oxygen atoms in total. The lowest BCUT2D eigenvalue weighted by molar-refractivity contribution is -0.127. The smallest absolute Gasteiger partial charge is 0.228 e. The van der Waals surface area contributed by atoms with E-state index in [0.717, 1.165) is 44.2 Å². The molecule has 4 aliphatic rings. The molecular formula is C25H34ClN5O3. The van der Waals surface area contributed by atoms with Gasteiger partial charge in [-0.1, -0.05) is 24.9 Å². The number of nitrogens with zero attached hydrogens (tertiary/aromatic N) is 3. The number of anilines is 1. The fourth-order valence-electron chi connectivity index (χ4n) is 6.00. The van der Waals surface area contributed by atoms with Crippen LogP contribution in [0.2, 0.25) is 5.02 Å². The maximum absolute atomic E-state index is 13.1. The van der Waals surface area contributed by atoms with Gasteiger partial charge in [-0.25, -0.2) is 4.98 Å². The second-order valence-corrected chi connectivity index (χ2v) is 11.1. The SMILES string of the molecule is CC1CC2N(C1)N=CC2(C)c1cc(NC(=O)[C@H]2CCC[C@@H](NC(=O)[C@@H]3CCOC3)C2)ncc1Cl. The highest BCUT2D eigenvalue weighted by Gasteiger charge is 2.48. The van der Waals surface area contributed by atoms with Crippen molar-refractivity contribution in [2.24, 2.45) is 22.9 Å². The van der Waals surface area contributed by atoms with Crippen molar-refractivity contribution in [3.63, 3.8) is 0 Å².